The normalized spacial score (nSPS) is 9.57. The number of halogens is 2. The molecule has 0 N–H and O–H groups in total. The number of ether oxygens (including phenoxy) is 1. The SMILES string of the molecule is COc1ccc2[c]ncnc2c1F.Cl. The predicted octanol–water partition coefficient (Wildman–Crippen LogP) is 2.00. The minimum atomic E-state index is -0.473. The van der Waals surface area contributed by atoms with E-state index in [-0.39, 0.29) is 23.7 Å². The van der Waals surface area contributed by atoms with Crippen molar-refractivity contribution in [2.75, 3.05) is 7.11 Å². The minimum absolute atomic E-state index is 0. The zero-order valence-electron chi connectivity index (χ0n) is 7.32. The molecule has 73 valence electrons. The van der Waals surface area contributed by atoms with Crippen LogP contribution in [0.25, 0.3) is 10.9 Å². The quantitative estimate of drug-likeness (QED) is 0.727. The van der Waals surface area contributed by atoms with Crippen molar-refractivity contribution in [2.45, 2.75) is 0 Å². The summed E-state index contributed by atoms with van der Waals surface area (Å²) in [7, 11) is 1.41. The summed E-state index contributed by atoms with van der Waals surface area (Å²) >= 11 is 0. The molecule has 2 rings (SSSR count). The molecule has 0 saturated heterocycles. The van der Waals surface area contributed by atoms with Crippen LogP contribution < -0.4 is 4.74 Å². The van der Waals surface area contributed by atoms with Gasteiger partial charge in [-0.25, -0.2) is 14.4 Å². The lowest BCUT2D eigenvalue weighted by Crippen LogP contribution is -1.91. The third-order valence-corrected chi connectivity index (χ3v) is 1.73. The molecule has 0 spiro atoms. The van der Waals surface area contributed by atoms with Gasteiger partial charge in [0.15, 0.2) is 11.6 Å². The Morgan fingerprint density at radius 1 is 1.43 bits per heavy atom. The van der Waals surface area contributed by atoms with Crippen LogP contribution in [0.2, 0.25) is 0 Å². The number of hydrogen-bond donors (Lipinski definition) is 0. The fourth-order valence-corrected chi connectivity index (χ4v) is 1.11. The molecular weight excluding hydrogens is 207 g/mol. The molecule has 3 nitrogen and oxygen atoms in total. The highest BCUT2D eigenvalue weighted by Gasteiger charge is 2.07. The molecule has 0 aliphatic heterocycles. The molecule has 0 bridgehead atoms. The summed E-state index contributed by atoms with van der Waals surface area (Å²) in [6.07, 6.45) is 3.89. The summed E-state index contributed by atoms with van der Waals surface area (Å²) < 4.78 is 18.2. The Morgan fingerprint density at radius 2 is 2.21 bits per heavy atom. The molecule has 0 aliphatic rings. The molecule has 1 heterocycles. The molecular formula is C9H7ClFN2O. The molecule has 5 heteroatoms. The van der Waals surface area contributed by atoms with E-state index < -0.39 is 5.82 Å². The Hall–Kier alpha value is -1.42. The number of rotatable bonds is 1. The molecule has 0 aliphatic carbocycles. The van der Waals surface area contributed by atoms with E-state index in [0.29, 0.717) is 5.39 Å². The number of benzene rings is 1. The maximum Gasteiger partial charge on any atom is 0.191 e. The van der Waals surface area contributed by atoms with Crippen LogP contribution in [0.3, 0.4) is 0 Å². The van der Waals surface area contributed by atoms with E-state index >= 15 is 0 Å². The second kappa shape index (κ2) is 4.19. The highest BCUT2D eigenvalue weighted by molar-refractivity contribution is 5.85. The fourth-order valence-electron chi connectivity index (χ4n) is 1.11. The van der Waals surface area contributed by atoms with Crippen molar-refractivity contribution in [1.82, 2.24) is 9.97 Å². The van der Waals surface area contributed by atoms with Gasteiger partial charge in [0.25, 0.3) is 0 Å². The largest absolute Gasteiger partial charge is 0.494 e. The van der Waals surface area contributed by atoms with Crippen molar-refractivity contribution < 1.29 is 9.13 Å². The van der Waals surface area contributed by atoms with Crippen molar-refractivity contribution >= 4 is 23.3 Å². The van der Waals surface area contributed by atoms with Crippen LogP contribution in [0.4, 0.5) is 4.39 Å². The predicted molar refractivity (Wildman–Crippen MR) is 52.1 cm³/mol. The first kappa shape index (κ1) is 10.7. The molecule has 14 heavy (non-hydrogen) atoms. The van der Waals surface area contributed by atoms with Gasteiger partial charge in [-0.05, 0) is 12.1 Å². The van der Waals surface area contributed by atoms with E-state index in [1.807, 2.05) is 0 Å². The van der Waals surface area contributed by atoms with Gasteiger partial charge in [0.2, 0.25) is 0 Å². The lowest BCUT2D eigenvalue weighted by molar-refractivity contribution is 0.388. The number of aromatic nitrogens is 2. The molecule has 2 aromatic rings. The summed E-state index contributed by atoms with van der Waals surface area (Å²) in [6, 6.07) is 3.19. The van der Waals surface area contributed by atoms with Crippen LogP contribution in [-0.2, 0) is 0 Å². The van der Waals surface area contributed by atoms with Gasteiger partial charge in [-0.1, -0.05) is 0 Å². The molecule has 1 aromatic carbocycles. The zero-order valence-corrected chi connectivity index (χ0v) is 8.14. The average Bonchev–Trinajstić information content (AvgIpc) is 2.19. The minimum Gasteiger partial charge on any atom is -0.494 e. The summed E-state index contributed by atoms with van der Waals surface area (Å²) in [5, 5.41) is 0.542. The fraction of sp³-hybridized carbons (Fsp3) is 0.111. The molecule has 1 aromatic heterocycles. The van der Waals surface area contributed by atoms with Crippen LogP contribution in [0.1, 0.15) is 0 Å². The number of nitrogens with zero attached hydrogens (tertiary/aromatic N) is 2. The van der Waals surface area contributed by atoms with Gasteiger partial charge in [0.05, 0.1) is 7.11 Å². The lowest BCUT2D eigenvalue weighted by Gasteiger charge is -2.02. The van der Waals surface area contributed by atoms with Gasteiger partial charge in [0, 0.05) is 5.39 Å². The van der Waals surface area contributed by atoms with Gasteiger partial charge in [-0.2, -0.15) is 0 Å². The van der Waals surface area contributed by atoms with Gasteiger partial charge in [-0.3, -0.25) is 0 Å². The zero-order chi connectivity index (χ0) is 9.26. The Balaban J connectivity index is 0.000000980. The van der Waals surface area contributed by atoms with Crippen molar-refractivity contribution in [1.29, 1.82) is 0 Å². The lowest BCUT2D eigenvalue weighted by atomic mass is 10.2. The van der Waals surface area contributed by atoms with Crippen molar-refractivity contribution in [3.05, 3.63) is 30.5 Å². The molecule has 1 radical (unpaired) electrons. The topological polar surface area (TPSA) is 35.0 Å². The average molecular weight is 214 g/mol. The maximum atomic E-state index is 13.4. The summed E-state index contributed by atoms with van der Waals surface area (Å²) in [5.41, 5.74) is 0.231. The summed E-state index contributed by atoms with van der Waals surface area (Å²) in [5.74, 6) is -0.293. The Kier molecular flexibility index (Phi) is 3.19. The third-order valence-electron chi connectivity index (χ3n) is 1.73. The second-order valence-electron chi connectivity index (χ2n) is 2.46. The molecule has 0 saturated carbocycles. The van der Waals surface area contributed by atoms with E-state index in [9.17, 15) is 4.39 Å². The first-order valence-electron chi connectivity index (χ1n) is 3.68. The highest BCUT2D eigenvalue weighted by atomic mass is 35.5. The van der Waals surface area contributed by atoms with Crippen molar-refractivity contribution in [3.63, 3.8) is 0 Å². The van der Waals surface area contributed by atoms with Crippen LogP contribution in [0.5, 0.6) is 5.75 Å². The summed E-state index contributed by atoms with van der Waals surface area (Å²) in [4.78, 5) is 7.46. The first-order valence-corrected chi connectivity index (χ1v) is 3.68. The van der Waals surface area contributed by atoms with Crippen LogP contribution in [-0.4, -0.2) is 17.1 Å². The van der Waals surface area contributed by atoms with E-state index in [0.717, 1.165) is 0 Å². The number of fused-ring (bicyclic) bond motifs is 1. The van der Waals surface area contributed by atoms with E-state index in [1.54, 1.807) is 6.07 Å². The first-order chi connectivity index (χ1) is 6.33. The number of methoxy groups -OCH3 is 1. The summed E-state index contributed by atoms with van der Waals surface area (Å²) in [6.45, 7) is 0. The van der Waals surface area contributed by atoms with E-state index in [4.69, 9.17) is 4.74 Å². The second-order valence-corrected chi connectivity index (χ2v) is 2.46. The van der Waals surface area contributed by atoms with Crippen LogP contribution >= 0.6 is 12.4 Å². The Morgan fingerprint density at radius 3 is 2.93 bits per heavy atom. The van der Waals surface area contributed by atoms with Gasteiger partial charge in [-0.15, -0.1) is 12.4 Å². The number of hydrogen-bond acceptors (Lipinski definition) is 3. The monoisotopic (exact) mass is 213 g/mol. The highest BCUT2D eigenvalue weighted by Crippen LogP contribution is 2.23. The van der Waals surface area contributed by atoms with Crippen molar-refractivity contribution in [3.8, 4) is 5.75 Å². The molecule has 0 atom stereocenters. The molecule has 0 amide bonds. The smallest absolute Gasteiger partial charge is 0.191 e. The van der Waals surface area contributed by atoms with E-state index in [1.165, 1.54) is 19.5 Å². The van der Waals surface area contributed by atoms with Crippen LogP contribution in [0, 0.1) is 12.0 Å². The molecule has 0 fully saturated rings. The van der Waals surface area contributed by atoms with Gasteiger partial charge < -0.3 is 4.74 Å². The maximum absolute atomic E-state index is 13.4. The Labute approximate surface area is 86.3 Å². The van der Waals surface area contributed by atoms with Crippen LogP contribution in [0.15, 0.2) is 18.5 Å². The standard InChI is InChI=1S/C9H6FN2O.ClH/c1-13-7-3-2-6-4-11-5-12-9(6)8(7)10;/h2-3,5H,1H3;1H. The Bertz CT molecular complexity index is 450. The van der Waals surface area contributed by atoms with Crippen molar-refractivity contribution in [2.24, 2.45) is 0 Å². The van der Waals surface area contributed by atoms with Gasteiger partial charge >= 0.3 is 0 Å². The van der Waals surface area contributed by atoms with E-state index in [2.05, 4.69) is 16.2 Å². The third kappa shape index (κ3) is 1.61. The molecule has 0 unspecified atom stereocenters. The van der Waals surface area contributed by atoms with Gasteiger partial charge in [0.1, 0.15) is 18.0 Å².